The maximum atomic E-state index is 13.4. The first kappa shape index (κ1) is 24.9. The lowest BCUT2D eigenvalue weighted by atomic mass is 10.0. The Morgan fingerprint density at radius 3 is 2.39 bits per heavy atom. The molecule has 4 rings (SSSR count). The Kier molecular flexibility index (Phi) is 7.04. The Bertz CT molecular complexity index is 1550. The molecule has 184 valence electrons. The van der Waals surface area contributed by atoms with Crippen LogP contribution in [0.2, 0.25) is 0 Å². The summed E-state index contributed by atoms with van der Waals surface area (Å²) >= 11 is 0. The zero-order valence-corrected chi connectivity index (χ0v) is 19.3. The average Bonchev–Trinajstić information content (AvgIpc) is 3.31. The Morgan fingerprint density at radius 1 is 1.00 bits per heavy atom. The molecule has 1 heterocycles. The summed E-state index contributed by atoms with van der Waals surface area (Å²) in [4.78, 5) is 13.0. The second-order valence-corrected chi connectivity index (χ2v) is 8.45. The summed E-state index contributed by atoms with van der Waals surface area (Å²) < 4.78 is 63.3. The molecule has 3 N–H and O–H groups in total. The summed E-state index contributed by atoms with van der Waals surface area (Å²) in [5.41, 5.74) is 7.22. The highest BCUT2D eigenvalue weighted by Crippen LogP contribution is 2.30. The number of amides is 1. The van der Waals surface area contributed by atoms with E-state index in [9.17, 15) is 26.4 Å². The number of rotatable bonds is 6. The monoisotopic (exact) mass is 512 g/mol. The van der Waals surface area contributed by atoms with Gasteiger partial charge in [0, 0.05) is 18.3 Å². The van der Waals surface area contributed by atoms with Gasteiger partial charge in [-0.15, -0.1) is 0 Å². The second-order valence-electron chi connectivity index (χ2n) is 7.70. The van der Waals surface area contributed by atoms with Crippen LogP contribution in [-0.4, -0.2) is 29.5 Å². The molecule has 3 aromatic carbocycles. The second kappa shape index (κ2) is 10.2. The van der Waals surface area contributed by atoms with Gasteiger partial charge in [0.2, 0.25) is 10.3 Å². The normalized spacial score (nSPS) is 11.2. The van der Waals surface area contributed by atoms with Crippen molar-refractivity contribution < 1.29 is 26.4 Å². The molecule has 0 spiro atoms. The first-order chi connectivity index (χ1) is 17.2. The van der Waals surface area contributed by atoms with Crippen LogP contribution in [0.25, 0.3) is 16.8 Å². The number of carbonyl (C=O) groups is 1. The van der Waals surface area contributed by atoms with E-state index in [-0.39, 0.29) is 17.9 Å². The average molecular weight is 513 g/mol. The van der Waals surface area contributed by atoms with Crippen molar-refractivity contribution in [1.82, 2.24) is 9.78 Å². The molecule has 0 saturated carbocycles. The quantitative estimate of drug-likeness (QED) is 0.375. The molecule has 36 heavy (non-hydrogen) atoms. The fourth-order valence-corrected chi connectivity index (χ4v) is 4.00. The van der Waals surface area contributed by atoms with Crippen molar-refractivity contribution >= 4 is 27.3 Å². The van der Waals surface area contributed by atoms with Gasteiger partial charge >= 0.3 is 6.18 Å². The third kappa shape index (κ3) is 5.53. The Balaban J connectivity index is 1.65. The van der Waals surface area contributed by atoms with E-state index in [0.29, 0.717) is 34.0 Å². The topological polar surface area (TPSA) is 107 Å². The van der Waals surface area contributed by atoms with E-state index >= 15 is 0 Å². The highest BCUT2D eigenvalue weighted by molar-refractivity contribution is 7.71. The lowest BCUT2D eigenvalue weighted by Crippen LogP contribution is -2.17. The maximum Gasteiger partial charge on any atom is 0.435 e. The number of nitrogens with two attached hydrogens (primary N) is 1. The molecule has 0 aliphatic carbocycles. The number of hydrogen-bond donors (Lipinski definition) is 2. The van der Waals surface area contributed by atoms with Crippen LogP contribution in [0.1, 0.15) is 27.3 Å². The number of anilines is 1. The lowest BCUT2D eigenvalue weighted by Gasteiger charge is -2.10. The van der Waals surface area contributed by atoms with Gasteiger partial charge in [0.05, 0.1) is 11.1 Å². The van der Waals surface area contributed by atoms with Gasteiger partial charge in [-0.1, -0.05) is 48.5 Å². The van der Waals surface area contributed by atoms with Gasteiger partial charge in [0.1, 0.15) is 5.69 Å². The van der Waals surface area contributed by atoms with E-state index in [1.807, 2.05) is 0 Å². The largest absolute Gasteiger partial charge is 0.435 e. The van der Waals surface area contributed by atoms with Crippen LogP contribution in [0, 0.1) is 0 Å². The Hall–Kier alpha value is -4.22. The van der Waals surface area contributed by atoms with Crippen molar-refractivity contribution in [3.8, 4) is 16.8 Å². The molecular formula is C25H19F3N4O3S. The number of aromatic nitrogens is 2. The van der Waals surface area contributed by atoms with Gasteiger partial charge < -0.3 is 11.1 Å². The third-order valence-electron chi connectivity index (χ3n) is 5.26. The molecule has 0 aliphatic rings. The Labute approximate surface area is 205 Å². The molecule has 11 heteroatoms. The van der Waals surface area contributed by atoms with Crippen LogP contribution in [0.4, 0.5) is 18.9 Å². The number of hydrogen-bond acceptors (Lipinski definition) is 5. The van der Waals surface area contributed by atoms with Gasteiger partial charge in [0.15, 0.2) is 5.69 Å². The van der Waals surface area contributed by atoms with E-state index in [1.54, 1.807) is 66.7 Å². The van der Waals surface area contributed by atoms with Crippen molar-refractivity contribution in [2.24, 2.45) is 5.73 Å². The first-order valence-corrected chi connectivity index (χ1v) is 11.7. The van der Waals surface area contributed by atoms with Gasteiger partial charge in [-0.2, -0.15) is 26.7 Å². The highest BCUT2D eigenvalue weighted by Gasteiger charge is 2.36. The summed E-state index contributed by atoms with van der Waals surface area (Å²) in [6, 6.07) is 20.4. The molecular weight excluding hydrogens is 493 g/mol. The smallest absolute Gasteiger partial charge is 0.326 e. The molecule has 0 unspecified atom stereocenters. The van der Waals surface area contributed by atoms with Crippen molar-refractivity contribution in [2.75, 3.05) is 5.32 Å². The maximum absolute atomic E-state index is 13.4. The van der Waals surface area contributed by atoms with Crippen molar-refractivity contribution in [1.29, 1.82) is 0 Å². The standard InChI is InChI=1S/C25H19F3N4O3S/c26-25(27,28)23-13-22(32(31-23)20-6-3-4-16(12-20)14-29)24(33)30-19-10-8-17(9-11-19)21-7-2-1-5-18(21)15-36(34)35/h1-13,15H,14,29H2,(H,30,33). The number of halogens is 3. The number of nitrogens with zero attached hydrogens (tertiary/aromatic N) is 2. The predicted octanol–water partition coefficient (Wildman–Crippen LogP) is 4.30. The number of nitrogens with one attached hydrogen (secondary N) is 1. The first-order valence-electron chi connectivity index (χ1n) is 10.6. The number of alkyl halides is 3. The minimum Gasteiger partial charge on any atom is -0.326 e. The van der Waals surface area contributed by atoms with Crippen LogP contribution < -0.4 is 11.1 Å². The number of benzene rings is 3. The van der Waals surface area contributed by atoms with Crippen molar-refractivity contribution in [3.05, 3.63) is 101 Å². The molecule has 7 nitrogen and oxygen atoms in total. The molecule has 0 saturated heterocycles. The van der Waals surface area contributed by atoms with Crippen LogP contribution in [0.3, 0.4) is 0 Å². The molecule has 1 aromatic heterocycles. The molecule has 1 amide bonds. The zero-order valence-electron chi connectivity index (χ0n) is 18.5. The minimum atomic E-state index is -4.74. The van der Waals surface area contributed by atoms with E-state index in [0.717, 1.165) is 10.0 Å². The molecule has 0 radical (unpaired) electrons. The Morgan fingerprint density at radius 2 is 1.72 bits per heavy atom. The highest BCUT2D eigenvalue weighted by atomic mass is 32.2. The van der Waals surface area contributed by atoms with E-state index in [2.05, 4.69) is 10.4 Å². The molecule has 0 bridgehead atoms. The van der Waals surface area contributed by atoms with Crippen LogP contribution in [0.5, 0.6) is 0 Å². The summed E-state index contributed by atoms with van der Waals surface area (Å²) in [6.07, 6.45) is -4.74. The summed E-state index contributed by atoms with van der Waals surface area (Å²) in [5.74, 6) is -0.792. The molecule has 4 aromatic rings. The van der Waals surface area contributed by atoms with Crippen molar-refractivity contribution in [3.63, 3.8) is 0 Å². The molecule has 0 atom stereocenters. The molecule has 0 aliphatic heterocycles. The van der Waals surface area contributed by atoms with Crippen LogP contribution >= 0.6 is 0 Å². The van der Waals surface area contributed by atoms with E-state index in [1.165, 1.54) is 6.07 Å². The minimum absolute atomic E-state index is 0.167. The van der Waals surface area contributed by atoms with E-state index < -0.39 is 28.1 Å². The number of carbonyl (C=O) groups excluding carboxylic acids is 1. The van der Waals surface area contributed by atoms with Crippen LogP contribution in [-0.2, 0) is 23.0 Å². The molecule has 0 fully saturated rings. The summed E-state index contributed by atoms with van der Waals surface area (Å²) in [5, 5.41) is 7.29. The predicted molar refractivity (Wildman–Crippen MR) is 130 cm³/mol. The van der Waals surface area contributed by atoms with E-state index in [4.69, 9.17) is 5.73 Å². The SMILES string of the molecule is NCc1cccc(-n2nc(C(F)(F)F)cc2C(=O)Nc2ccc(-c3ccccc3C=S(=O)=O)cc2)c1. The van der Waals surface area contributed by atoms with Gasteiger partial charge in [-0.05, 0) is 46.5 Å². The summed E-state index contributed by atoms with van der Waals surface area (Å²) in [6.45, 7) is 0.167. The van der Waals surface area contributed by atoms with Gasteiger partial charge in [-0.3, -0.25) is 4.79 Å². The summed E-state index contributed by atoms with van der Waals surface area (Å²) in [7, 11) is -2.39. The van der Waals surface area contributed by atoms with Crippen molar-refractivity contribution in [2.45, 2.75) is 12.7 Å². The third-order valence-corrected chi connectivity index (χ3v) is 5.71. The van der Waals surface area contributed by atoms with Gasteiger partial charge in [-0.25, -0.2) is 4.68 Å². The fraction of sp³-hybridized carbons (Fsp3) is 0.0800. The fourth-order valence-electron chi connectivity index (χ4n) is 3.59. The van der Waals surface area contributed by atoms with Gasteiger partial charge in [0.25, 0.3) is 5.91 Å². The van der Waals surface area contributed by atoms with Crippen LogP contribution in [0.15, 0.2) is 78.9 Å². The zero-order chi connectivity index (χ0) is 25.9. The lowest BCUT2D eigenvalue weighted by molar-refractivity contribution is -0.141.